The lowest BCUT2D eigenvalue weighted by molar-refractivity contribution is -0.143. The van der Waals surface area contributed by atoms with Crippen LogP contribution in [0.4, 0.5) is 0 Å². The minimum Gasteiger partial charge on any atom is -0.481 e. The Hall–Kier alpha value is -0.830. The SMILES string of the molecule is C=C1C[C@@H](C(=O)O)[C@@H]1N. The van der Waals surface area contributed by atoms with Gasteiger partial charge in [-0.15, -0.1) is 0 Å². The molecule has 1 saturated carbocycles. The van der Waals surface area contributed by atoms with Gasteiger partial charge in [0.1, 0.15) is 0 Å². The van der Waals surface area contributed by atoms with Gasteiger partial charge < -0.3 is 10.8 Å². The Bertz CT molecular complexity index is 164. The average Bonchev–Trinajstić information content (AvgIpc) is 1.81. The number of rotatable bonds is 1. The molecule has 0 spiro atoms. The lowest BCUT2D eigenvalue weighted by Crippen LogP contribution is -2.45. The van der Waals surface area contributed by atoms with Crippen LogP contribution in [0.1, 0.15) is 6.42 Å². The van der Waals surface area contributed by atoms with E-state index in [0.717, 1.165) is 5.57 Å². The number of aliphatic carboxylic acids is 1. The van der Waals surface area contributed by atoms with Crippen LogP contribution in [0.5, 0.6) is 0 Å². The van der Waals surface area contributed by atoms with Crippen molar-refractivity contribution >= 4 is 5.97 Å². The zero-order valence-electron chi connectivity index (χ0n) is 5.00. The van der Waals surface area contributed by atoms with Crippen LogP contribution in [0.2, 0.25) is 0 Å². The van der Waals surface area contributed by atoms with Crippen LogP contribution in [0.3, 0.4) is 0 Å². The van der Waals surface area contributed by atoms with Crippen LogP contribution < -0.4 is 5.73 Å². The largest absolute Gasteiger partial charge is 0.481 e. The van der Waals surface area contributed by atoms with E-state index in [4.69, 9.17) is 10.8 Å². The Labute approximate surface area is 53.2 Å². The Morgan fingerprint density at radius 2 is 2.44 bits per heavy atom. The van der Waals surface area contributed by atoms with E-state index in [1.807, 2.05) is 0 Å². The van der Waals surface area contributed by atoms with Gasteiger partial charge in [0, 0.05) is 6.04 Å². The summed E-state index contributed by atoms with van der Waals surface area (Å²) in [4.78, 5) is 10.2. The highest BCUT2D eigenvalue weighted by molar-refractivity contribution is 5.74. The molecule has 3 heteroatoms. The van der Waals surface area contributed by atoms with Crippen LogP contribution in [0.15, 0.2) is 12.2 Å². The maximum absolute atomic E-state index is 10.2. The third-order valence-corrected chi connectivity index (χ3v) is 1.70. The van der Waals surface area contributed by atoms with Gasteiger partial charge in [0.2, 0.25) is 0 Å². The summed E-state index contributed by atoms with van der Waals surface area (Å²) in [5.41, 5.74) is 6.24. The molecule has 1 aliphatic rings. The first-order valence-electron chi connectivity index (χ1n) is 2.79. The molecule has 2 atom stereocenters. The van der Waals surface area contributed by atoms with Gasteiger partial charge >= 0.3 is 5.97 Å². The lowest BCUT2D eigenvalue weighted by Gasteiger charge is -2.32. The van der Waals surface area contributed by atoms with Crippen molar-refractivity contribution in [3.63, 3.8) is 0 Å². The number of carboxylic acid groups (broad SMARTS) is 1. The highest BCUT2D eigenvalue weighted by Crippen LogP contribution is 2.30. The van der Waals surface area contributed by atoms with Crippen LogP contribution in [0.25, 0.3) is 0 Å². The minimum absolute atomic E-state index is 0.303. The van der Waals surface area contributed by atoms with Crippen molar-refractivity contribution in [2.45, 2.75) is 12.5 Å². The summed E-state index contributed by atoms with van der Waals surface area (Å²) in [6.07, 6.45) is 0.552. The molecule has 0 heterocycles. The molecule has 1 rings (SSSR count). The van der Waals surface area contributed by atoms with E-state index in [9.17, 15) is 4.79 Å². The van der Waals surface area contributed by atoms with Gasteiger partial charge in [0.25, 0.3) is 0 Å². The van der Waals surface area contributed by atoms with Crippen molar-refractivity contribution in [1.29, 1.82) is 0 Å². The van der Waals surface area contributed by atoms with Crippen molar-refractivity contribution in [3.05, 3.63) is 12.2 Å². The Balaban J connectivity index is 2.51. The molecule has 0 amide bonds. The summed E-state index contributed by atoms with van der Waals surface area (Å²) >= 11 is 0. The van der Waals surface area contributed by atoms with Crippen molar-refractivity contribution in [2.75, 3.05) is 0 Å². The molecule has 1 aliphatic carbocycles. The van der Waals surface area contributed by atoms with Crippen molar-refractivity contribution in [3.8, 4) is 0 Å². The summed E-state index contributed by atoms with van der Waals surface area (Å²) in [7, 11) is 0. The molecule has 3 nitrogen and oxygen atoms in total. The number of nitrogens with two attached hydrogens (primary N) is 1. The normalized spacial score (nSPS) is 33.7. The van der Waals surface area contributed by atoms with Crippen LogP contribution in [0, 0.1) is 5.92 Å². The Kier molecular flexibility index (Phi) is 1.29. The predicted molar refractivity (Wildman–Crippen MR) is 32.9 cm³/mol. The quantitative estimate of drug-likeness (QED) is 0.486. The molecular formula is C6H9NO2. The molecule has 0 aromatic heterocycles. The number of carboxylic acids is 1. The molecule has 50 valence electrons. The lowest BCUT2D eigenvalue weighted by atomic mass is 9.76. The van der Waals surface area contributed by atoms with Gasteiger partial charge in [-0.25, -0.2) is 0 Å². The summed E-state index contributed by atoms with van der Waals surface area (Å²) in [5.74, 6) is -1.19. The first-order chi connectivity index (χ1) is 4.13. The molecule has 0 aromatic rings. The maximum Gasteiger partial charge on any atom is 0.308 e. The van der Waals surface area contributed by atoms with E-state index in [1.54, 1.807) is 0 Å². The van der Waals surface area contributed by atoms with Crippen LogP contribution >= 0.6 is 0 Å². The fourth-order valence-electron chi connectivity index (χ4n) is 0.910. The first kappa shape index (κ1) is 6.29. The Morgan fingerprint density at radius 1 is 1.89 bits per heavy atom. The first-order valence-corrected chi connectivity index (χ1v) is 2.79. The number of hydrogen-bond donors (Lipinski definition) is 2. The molecule has 0 radical (unpaired) electrons. The summed E-state index contributed by atoms with van der Waals surface area (Å²) in [5, 5.41) is 8.40. The van der Waals surface area contributed by atoms with Crippen molar-refractivity contribution in [1.82, 2.24) is 0 Å². The third-order valence-electron chi connectivity index (χ3n) is 1.70. The zero-order valence-corrected chi connectivity index (χ0v) is 5.00. The van der Waals surface area contributed by atoms with Gasteiger partial charge in [0.05, 0.1) is 5.92 Å². The molecule has 0 aromatic carbocycles. The van der Waals surface area contributed by atoms with Gasteiger partial charge in [-0.05, 0) is 6.42 Å². The summed E-state index contributed by atoms with van der Waals surface area (Å²) in [6.45, 7) is 3.59. The second kappa shape index (κ2) is 1.84. The van der Waals surface area contributed by atoms with Crippen molar-refractivity contribution < 1.29 is 9.90 Å². The maximum atomic E-state index is 10.2. The van der Waals surface area contributed by atoms with E-state index >= 15 is 0 Å². The highest BCUT2D eigenvalue weighted by atomic mass is 16.4. The van der Waals surface area contributed by atoms with Crippen LogP contribution in [-0.4, -0.2) is 17.1 Å². The van der Waals surface area contributed by atoms with E-state index in [-0.39, 0.29) is 12.0 Å². The smallest absolute Gasteiger partial charge is 0.308 e. The highest BCUT2D eigenvalue weighted by Gasteiger charge is 2.36. The Morgan fingerprint density at radius 3 is 2.56 bits per heavy atom. The monoisotopic (exact) mass is 127 g/mol. The molecule has 0 aliphatic heterocycles. The van der Waals surface area contributed by atoms with Gasteiger partial charge in [-0.3, -0.25) is 4.79 Å². The second-order valence-corrected chi connectivity index (χ2v) is 2.33. The summed E-state index contributed by atoms with van der Waals surface area (Å²) < 4.78 is 0. The molecule has 1 fully saturated rings. The second-order valence-electron chi connectivity index (χ2n) is 2.33. The molecule has 9 heavy (non-hydrogen) atoms. The molecule has 0 bridgehead atoms. The van der Waals surface area contributed by atoms with E-state index in [1.165, 1.54) is 0 Å². The summed E-state index contributed by atoms with van der Waals surface area (Å²) in [6, 6.07) is -0.303. The fraction of sp³-hybridized carbons (Fsp3) is 0.500. The fourth-order valence-corrected chi connectivity index (χ4v) is 0.910. The third kappa shape index (κ3) is 0.833. The molecule has 0 saturated heterocycles. The number of hydrogen-bond acceptors (Lipinski definition) is 2. The minimum atomic E-state index is -0.810. The van der Waals surface area contributed by atoms with Gasteiger partial charge in [-0.2, -0.15) is 0 Å². The number of carbonyl (C=O) groups is 1. The van der Waals surface area contributed by atoms with E-state index < -0.39 is 5.97 Å². The molecular weight excluding hydrogens is 118 g/mol. The van der Waals surface area contributed by atoms with E-state index in [2.05, 4.69) is 6.58 Å². The van der Waals surface area contributed by atoms with Gasteiger partial charge in [-0.1, -0.05) is 12.2 Å². The predicted octanol–water partition coefficient (Wildman–Crippen LogP) is -0.0256. The molecule has 0 unspecified atom stereocenters. The average molecular weight is 127 g/mol. The van der Waals surface area contributed by atoms with Crippen molar-refractivity contribution in [2.24, 2.45) is 11.7 Å². The van der Waals surface area contributed by atoms with E-state index in [0.29, 0.717) is 6.42 Å². The topological polar surface area (TPSA) is 63.3 Å². The van der Waals surface area contributed by atoms with Crippen LogP contribution in [-0.2, 0) is 4.79 Å². The zero-order chi connectivity index (χ0) is 7.02. The standard InChI is InChI=1S/C6H9NO2/c1-3-2-4(5(3)7)6(8)9/h4-5H,1-2,7H2,(H,8,9)/t4-,5-/m1/s1. The van der Waals surface area contributed by atoms with Gasteiger partial charge in [0.15, 0.2) is 0 Å². The molecule has 3 N–H and O–H groups in total.